The van der Waals surface area contributed by atoms with Gasteiger partial charge in [0, 0.05) is 63.0 Å². The van der Waals surface area contributed by atoms with Gasteiger partial charge in [0.15, 0.2) is 11.5 Å². The second-order valence-electron chi connectivity index (χ2n) is 11.1. The van der Waals surface area contributed by atoms with E-state index in [1.54, 1.807) is 29.0 Å². The van der Waals surface area contributed by atoms with E-state index < -0.39 is 5.97 Å². The first kappa shape index (κ1) is 25.6. The van der Waals surface area contributed by atoms with Crippen molar-refractivity contribution < 1.29 is 24.2 Å². The molecule has 1 atom stereocenters. The van der Waals surface area contributed by atoms with Crippen molar-refractivity contribution in [2.45, 2.75) is 19.0 Å². The van der Waals surface area contributed by atoms with Gasteiger partial charge < -0.3 is 28.9 Å². The molecule has 9 heteroatoms. The number of piperazine rings is 1. The minimum atomic E-state index is -1.02. The lowest BCUT2D eigenvalue weighted by Crippen LogP contribution is -2.53. The summed E-state index contributed by atoms with van der Waals surface area (Å²) in [6, 6.07) is 19.2. The van der Waals surface area contributed by atoms with Gasteiger partial charge in [-0.15, -0.1) is 0 Å². The molecule has 0 spiro atoms. The van der Waals surface area contributed by atoms with Crippen LogP contribution in [0.5, 0.6) is 11.5 Å². The predicted octanol–water partition coefficient (Wildman–Crippen LogP) is 3.87. The maximum Gasteiger partial charge on any atom is 0.337 e. The van der Waals surface area contributed by atoms with Gasteiger partial charge in [0.05, 0.1) is 22.3 Å². The van der Waals surface area contributed by atoms with Crippen molar-refractivity contribution in [2.75, 3.05) is 46.6 Å². The average molecular weight is 553 g/mol. The molecular weight excluding hydrogens is 520 g/mol. The van der Waals surface area contributed by atoms with E-state index in [2.05, 4.69) is 35.0 Å². The topological polar surface area (TPSA) is 87.5 Å². The molecule has 1 aromatic heterocycles. The number of amides is 1. The number of benzene rings is 3. The molecule has 0 bridgehead atoms. The third kappa shape index (κ3) is 4.61. The average Bonchev–Trinajstić information content (AvgIpc) is 3.61. The molecule has 1 amide bonds. The summed E-state index contributed by atoms with van der Waals surface area (Å²) in [5, 5.41) is 10.5. The summed E-state index contributed by atoms with van der Waals surface area (Å²) < 4.78 is 13.2. The highest BCUT2D eigenvalue weighted by Crippen LogP contribution is 2.39. The van der Waals surface area contributed by atoms with E-state index >= 15 is 0 Å². The van der Waals surface area contributed by atoms with E-state index in [-0.39, 0.29) is 24.3 Å². The number of carbonyl (C=O) groups excluding carboxylic acids is 1. The van der Waals surface area contributed by atoms with E-state index in [1.807, 2.05) is 29.2 Å². The van der Waals surface area contributed by atoms with Gasteiger partial charge in [0.25, 0.3) is 5.91 Å². The SMILES string of the molecule is CN1CCN(C[C@@H]2Cc3ccccc3CN2C(=O)c2cc3c(cc2-n2cc(C(=O)O)c4ccccc42)OCO3)CC1. The fraction of sp³-hybridized carbons (Fsp3) is 0.312. The standard InChI is InChI=1S/C32H32N4O5/c1-33-10-12-34(13-11-33)18-23-14-21-6-2-3-7-22(21)17-35(23)31(37)25-15-29-30(41-20-40-29)16-28(25)36-19-26(32(38)39)24-8-4-5-9-27(24)36/h2-9,15-16,19,23H,10-14,17-18,20H2,1H3,(H,38,39)/t23-/m0/s1. The summed E-state index contributed by atoms with van der Waals surface area (Å²) in [6.07, 6.45) is 2.37. The van der Waals surface area contributed by atoms with Crippen LogP contribution in [0.3, 0.4) is 0 Å². The molecule has 3 aliphatic rings. The first-order valence-electron chi connectivity index (χ1n) is 14.0. The Morgan fingerprint density at radius 2 is 1.61 bits per heavy atom. The predicted molar refractivity (Wildman–Crippen MR) is 154 cm³/mol. The zero-order valence-corrected chi connectivity index (χ0v) is 23.0. The van der Waals surface area contributed by atoms with Crippen molar-refractivity contribution in [1.29, 1.82) is 0 Å². The normalized spacial score (nSPS) is 19.0. The van der Waals surface area contributed by atoms with Crippen LogP contribution in [0.2, 0.25) is 0 Å². The van der Waals surface area contributed by atoms with E-state index in [1.165, 1.54) is 5.56 Å². The molecule has 3 aromatic carbocycles. The largest absolute Gasteiger partial charge is 0.478 e. The first-order chi connectivity index (χ1) is 20.0. The number of carboxylic acid groups (broad SMARTS) is 1. The smallest absolute Gasteiger partial charge is 0.337 e. The second-order valence-corrected chi connectivity index (χ2v) is 11.1. The van der Waals surface area contributed by atoms with Gasteiger partial charge >= 0.3 is 5.97 Å². The fourth-order valence-corrected chi connectivity index (χ4v) is 6.32. The van der Waals surface area contributed by atoms with Crippen LogP contribution >= 0.6 is 0 Å². The Bertz CT molecular complexity index is 1660. The van der Waals surface area contributed by atoms with Crippen LogP contribution in [-0.4, -0.2) is 88.9 Å². The Morgan fingerprint density at radius 3 is 2.39 bits per heavy atom. The molecule has 7 rings (SSSR count). The van der Waals surface area contributed by atoms with Crippen LogP contribution in [-0.2, 0) is 13.0 Å². The number of hydrogen-bond acceptors (Lipinski definition) is 6. The molecule has 0 saturated carbocycles. The number of para-hydroxylation sites is 1. The summed E-state index contributed by atoms with van der Waals surface area (Å²) in [5.74, 6) is -0.0840. The van der Waals surface area contributed by atoms with Crippen molar-refractivity contribution in [3.05, 3.63) is 89.1 Å². The van der Waals surface area contributed by atoms with E-state index in [4.69, 9.17) is 9.47 Å². The maximum absolute atomic E-state index is 14.7. The van der Waals surface area contributed by atoms with Gasteiger partial charge in [-0.05, 0) is 36.7 Å². The Hall–Kier alpha value is -4.34. The van der Waals surface area contributed by atoms with Gasteiger partial charge in [0.1, 0.15) is 0 Å². The lowest BCUT2D eigenvalue weighted by Gasteiger charge is -2.41. The van der Waals surface area contributed by atoms with Crippen LogP contribution in [0.25, 0.3) is 16.6 Å². The van der Waals surface area contributed by atoms with Crippen LogP contribution < -0.4 is 9.47 Å². The van der Waals surface area contributed by atoms with E-state index in [9.17, 15) is 14.7 Å². The molecule has 4 heterocycles. The molecule has 1 saturated heterocycles. The minimum Gasteiger partial charge on any atom is -0.478 e. The highest BCUT2D eigenvalue weighted by molar-refractivity contribution is 6.05. The lowest BCUT2D eigenvalue weighted by molar-refractivity contribution is 0.0535. The zero-order chi connectivity index (χ0) is 28.1. The first-order valence-corrected chi connectivity index (χ1v) is 14.0. The van der Waals surface area contributed by atoms with Crippen LogP contribution in [0.1, 0.15) is 31.8 Å². The van der Waals surface area contributed by atoms with Crippen LogP contribution in [0.15, 0.2) is 66.9 Å². The summed E-state index contributed by atoms with van der Waals surface area (Å²) in [5.41, 5.74) is 4.34. The van der Waals surface area contributed by atoms with E-state index in [0.717, 1.165) is 44.7 Å². The number of rotatable bonds is 5. The van der Waals surface area contributed by atoms with Crippen LogP contribution in [0.4, 0.5) is 0 Å². The Balaban J connectivity index is 1.33. The molecule has 0 unspecified atom stereocenters. The van der Waals surface area contributed by atoms with Crippen molar-refractivity contribution in [1.82, 2.24) is 19.3 Å². The molecule has 0 radical (unpaired) electrons. The number of aromatic nitrogens is 1. The second kappa shape index (κ2) is 10.2. The Kier molecular flexibility index (Phi) is 6.40. The molecule has 0 aliphatic carbocycles. The van der Waals surface area contributed by atoms with Crippen molar-refractivity contribution in [3.8, 4) is 17.2 Å². The number of fused-ring (bicyclic) bond motifs is 3. The summed E-state index contributed by atoms with van der Waals surface area (Å²) >= 11 is 0. The molecular formula is C32H32N4O5. The minimum absolute atomic E-state index is 0.00457. The number of hydrogen-bond donors (Lipinski definition) is 1. The highest BCUT2D eigenvalue weighted by Gasteiger charge is 2.35. The Labute approximate surface area is 238 Å². The third-order valence-corrected chi connectivity index (χ3v) is 8.60. The highest BCUT2D eigenvalue weighted by atomic mass is 16.7. The van der Waals surface area contributed by atoms with Crippen molar-refractivity contribution >= 4 is 22.8 Å². The molecule has 4 aromatic rings. The molecule has 41 heavy (non-hydrogen) atoms. The number of likely N-dealkylation sites (N-methyl/N-ethyl adjacent to an activating group) is 1. The number of ether oxygens (including phenoxy) is 2. The summed E-state index contributed by atoms with van der Waals surface area (Å²) in [6.45, 7) is 5.34. The summed E-state index contributed by atoms with van der Waals surface area (Å²) in [4.78, 5) is 33.6. The van der Waals surface area contributed by atoms with Gasteiger partial charge in [-0.2, -0.15) is 0 Å². The van der Waals surface area contributed by atoms with Gasteiger partial charge in [-0.1, -0.05) is 42.5 Å². The fourth-order valence-electron chi connectivity index (χ4n) is 6.32. The number of carboxylic acids is 1. The monoisotopic (exact) mass is 552 g/mol. The van der Waals surface area contributed by atoms with Gasteiger partial charge in [0.2, 0.25) is 6.79 Å². The molecule has 1 N–H and O–H groups in total. The number of carbonyl (C=O) groups is 2. The molecule has 3 aliphatic heterocycles. The molecule has 210 valence electrons. The molecule has 1 fully saturated rings. The van der Waals surface area contributed by atoms with Crippen LogP contribution in [0, 0.1) is 0 Å². The van der Waals surface area contributed by atoms with Gasteiger partial charge in [-0.25, -0.2) is 4.79 Å². The zero-order valence-electron chi connectivity index (χ0n) is 23.0. The number of aromatic carboxylic acids is 1. The third-order valence-electron chi connectivity index (χ3n) is 8.60. The maximum atomic E-state index is 14.7. The quantitative estimate of drug-likeness (QED) is 0.402. The number of nitrogens with zero attached hydrogens (tertiary/aromatic N) is 4. The Morgan fingerprint density at radius 1 is 0.902 bits per heavy atom. The van der Waals surface area contributed by atoms with Gasteiger partial charge in [-0.3, -0.25) is 9.69 Å². The van der Waals surface area contributed by atoms with Crippen molar-refractivity contribution in [3.63, 3.8) is 0 Å². The van der Waals surface area contributed by atoms with Crippen molar-refractivity contribution in [2.24, 2.45) is 0 Å². The summed E-state index contributed by atoms with van der Waals surface area (Å²) in [7, 11) is 2.14. The van der Waals surface area contributed by atoms with E-state index in [0.29, 0.717) is 40.2 Å². The molecule has 9 nitrogen and oxygen atoms in total. The lowest BCUT2D eigenvalue weighted by atomic mass is 9.92.